The fraction of sp³-hybridized carbons (Fsp3) is 0.200. The number of hydrogen-bond acceptors (Lipinski definition) is 4. The van der Waals surface area contributed by atoms with Crippen LogP contribution in [0.4, 0.5) is 5.82 Å². The third-order valence-electron chi connectivity index (χ3n) is 3.47. The highest BCUT2D eigenvalue weighted by Gasteiger charge is 2.29. The summed E-state index contributed by atoms with van der Waals surface area (Å²) in [6.45, 7) is 3.91. The molecular formula is C15H15N3OS. The first kappa shape index (κ1) is 12.9. The van der Waals surface area contributed by atoms with Crippen LogP contribution >= 0.6 is 11.3 Å². The van der Waals surface area contributed by atoms with Gasteiger partial charge in [-0.15, -0.1) is 11.3 Å². The first-order chi connectivity index (χ1) is 9.51. The van der Waals surface area contributed by atoms with Crippen molar-refractivity contribution < 1.29 is 0 Å². The number of nitrogen functional groups attached to an aromatic ring is 1. The van der Waals surface area contributed by atoms with E-state index in [-0.39, 0.29) is 5.56 Å². The van der Waals surface area contributed by atoms with Gasteiger partial charge in [0.15, 0.2) is 0 Å². The van der Waals surface area contributed by atoms with Gasteiger partial charge in [0.1, 0.15) is 10.8 Å². The van der Waals surface area contributed by atoms with Gasteiger partial charge in [-0.05, 0) is 31.4 Å². The van der Waals surface area contributed by atoms with Gasteiger partial charge in [0.2, 0.25) is 0 Å². The number of fused-ring (bicyclic) bond motifs is 1. The van der Waals surface area contributed by atoms with E-state index in [1.165, 1.54) is 11.3 Å². The van der Waals surface area contributed by atoms with Crippen molar-refractivity contribution in [3.8, 4) is 0 Å². The summed E-state index contributed by atoms with van der Waals surface area (Å²) in [4.78, 5) is 17.1. The lowest BCUT2D eigenvalue weighted by Gasteiger charge is -2.27. The number of pyridine rings is 1. The largest absolute Gasteiger partial charge is 0.385 e. The molecular weight excluding hydrogens is 270 g/mol. The number of anilines is 1. The first-order valence-electron chi connectivity index (χ1n) is 6.32. The van der Waals surface area contributed by atoms with Crippen LogP contribution in [0.2, 0.25) is 0 Å². The van der Waals surface area contributed by atoms with E-state index in [9.17, 15) is 4.79 Å². The summed E-state index contributed by atoms with van der Waals surface area (Å²) in [5.74, 6) is 0.453. The average Bonchev–Trinajstić information content (AvgIpc) is 2.93. The highest BCUT2D eigenvalue weighted by molar-refractivity contribution is 7.09. The fourth-order valence-electron chi connectivity index (χ4n) is 2.48. The molecule has 3 rings (SSSR count). The van der Waals surface area contributed by atoms with Crippen LogP contribution in [0.3, 0.4) is 0 Å². The zero-order valence-corrected chi connectivity index (χ0v) is 12.1. The minimum atomic E-state index is -0.570. The molecule has 2 heterocycles. The Morgan fingerprint density at radius 2 is 2.05 bits per heavy atom. The Morgan fingerprint density at radius 1 is 1.30 bits per heavy atom. The quantitative estimate of drug-likeness (QED) is 0.787. The molecule has 102 valence electrons. The molecule has 0 aliphatic heterocycles. The van der Waals surface area contributed by atoms with Crippen molar-refractivity contribution >= 4 is 27.9 Å². The van der Waals surface area contributed by atoms with Crippen molar-refractivity contribution in [2.75, 3.05) is 5.73 Å². The smallest absolute Gasteiger partial charge is 0.260 e. The molecule has 3 aromatic rings. The lowest BCUT2D eigenvalue weighted by atomic mass is 10.0. The van der Waals surface area contributed by atoms with Gasteiger partial charge in [-0.25, -0.2) is 4.98 Å². The van der Waals surface area contributed by atoms with Crippen LogP contribution in [0, 0.1) is 0 Å². The molecule has 0 saturated carbocycles. The molecule has 0 spiro atoms. The van der Waals surface area contributed by atoms with Gasteiger partial charge >= 0.3 is 0 Å². The van der Waals surface area contributed by atoms with E-state index in [2.05, 4.69) is 4.98 Å². The maximum atomic E-state index is 12.8. The van der Waals surface area contributed by atoms with Crippen molar-refractivity contribution in [3.63, 3.8) is 0 Å². The Hall–Kier alpha value is -2.14. The lowest BCUT2D eigenvalue weighted by molar-refractivity contribution is 0.429. The van der Waals surface area contributed by atoms with Crippen LogP contribution in [0.15, 0.2) is 46.7 Å². The molecule has 5 heteroatoms. The highest BCUT2D eigenvalue weighted by atomic mass is 32.1. The normalized spacial score (nSPS) is 11.9. The van der Waals surface area contributed by atoms with Crippen LogP contribution in [0.1, 0.15) is 18.9 Å². The standard InChI is InChI=1S/C15H15N3OS/c1-15(2,14-17-7-8-20-14)18-12(16)9-10-5-3-4-6-11(10)13(18)19/h3-9H,16H2,1-2H3. The van der Waals surface area contributed by atoms with E-state index >= 15 is 0 Å². The maximum absolute atomic E-state index is 12.8. The van der Waals surface area contributed by atoms with Gasteiger partial charge in [-0.1, -0.05) is 18.2 Å². The number of benzene rings is 1. The fourth-order valence-corrected chi connectivity index (χ4v) is 3.23. The molecule has 0 fully saturated rings. The number of aromatic nitrogens is 2. The van der Waals surface area contributed by atoms with E-state index in [0.29, 0.717) is 11.2 Å². The topological polar surface area (TPSA) is 60.9 Å². The van der Waals surface area contributed by atoms with Gasteiger partial charge < -0.3 is 5.73 Å². The summed E-state index contributed by atoms with van der Waals surface area (Å²) in [5, 5.41) is 4.30. The summed E-state index contributed by atoms with van der Waals surface area (Å²) < 4.78 is 1.62. The van der Waals surface area contributed by atoms with Crippen molar-refractivity contribution in [3.05, 3.63) is 57.3 Å². The number of nitrogens with zero attached hydrogens (tertiary/aromatic N) is 2. The van der Waals surface area contributed by atoms with Gasteiger partial charge in [-0.2, -0.15) is 0 Å². The number of nitrogens with two attached hydrogens (primary N) is 1. The Bertz CT molecular complexity index is 819. The Labute approximate surface area is 120 Å². The van der Waals surface area contributed by atoms with E-state index in [4.69, 9.17) is 5.73 Å². The monoisotopic (exact) mass is 285 g/mol. The maximum Gasteiger partial charge on any atom is 0.260 e. The molecule has 0 unspecified atom stereocenters. The Morgan fingerprint density at radius 3 is 2.75 bits per heavy atom. The SMILES string of the molecule is CC(C)(c1nccs1)n1c(N)cc2ccccc2c1=O. The molecule has 20 heavy (non-hydrogen) atoms. The first-order valence-corrected chi connectivity index (χ1v) is 7.20. The summed E-state index contributed by atoms with van der Waals surface area (Å²) in [7, 11) is 0. The second-order valence-corrected chi connectivity index (χ2v) is 6.09. The van der Waals surface area contributed by atoms with Crippen molar-refractivity contribution in [1.29, 1.82) is 0 Å². The van der Waals surface area contributed by atoms with Crippen LogP contribution in [0.5, 0.6) is 0 Å². The van der Waals surface area contributed by atoms with Gasteiger partial charge in [-0.3, -0.25) is 9.36 Å². The average molecular weight is 285 g/mol. The van der Waals surface area contributed by atoms with Crippen molar-refractivity contribution in [1.82, 2.24) is 9.55 Å². The second-order valence-electron chi connectivity index (χ2n) is 5.19. The molecule has 0 bridgehead atoms. The third-order valence-corrected chi connectivity index (χ3v) is 4.56. The summed E-state index contributed by atoms with van der Waals surface area (Å²) in [5.41, 5.74) is 5.47. The van der Waals surface area contributed by atoms with E-state index < -0.39 is 5.54 Å². The van der Waals surface area contributed by atoms with Crippen LogP contribution in [0.25, 0.3) is 10.8 Å². The van der Waals surface area contributed by atoms with E-state index in [0.717, 1.165) is 10.4 Å². The number of thiazole rings is 1. The minimum absolute atomic E-state index is 0.0826. The molecule has 0 saturated heterocycles. The minimum Gasteiger partial charge on any atom is -0.385 e. The molecule has 2 N–H and O–H groups in total. The Kier molecular flexibility index (Phi) is 2.87. The predicted molar refractivity (Wildman–Crippen MR) is 83.2 cm³/mol. The van der Waals surface area contributed by atoms with Crippen molar-refractivity contribution in [2.45, 2.75) is 19.4 Å². The van der Waals surface area contributed by atoms with Crippen molar-refractivity contribution in [2.24, 2.45) is 0 Å². The summed E-state index contributed by atoms with van der Waals surface area (Å²) in [6.07, 6.45) is 1.74. The molecule has 0 amide bonds. The summed E-state index contributed by atoms with van der Waals surface area (Å²) >= 11 is 1.52. The van der Waals surface area contributed by atoms with Crippen LogP contribution in [-0.4, -0.2) is 9.55 Å². The summed E-state index contributed by atoms with van der Waals surface area (Å²) in [6, 6.07) is 9.32. The number of hydrogen-bond donors (Lipinski definition) is 1. The lowest BCUT2D eigenvalue weighted by Crippen LogP contribution is -2.38. The molecule has 4 nitrogen and oxygen atoms in total. The van der Waals surface area contributed by atoms with Gasteiger partial charge in [0.05, 0.1) is 5.54 Å². The zero-order valence-electron chi connectivity index (χ0n) is 11.3. The van der Waals surface area contributed by atoms with E-state index in [1.54, 1.807) is 10.8 Å². The molecule has 0 radical (unpaired) electrons. The third kappa shape index (κ3) is 1.82. The molecule has 1 aromatic carbocycles. The van der Waals surface area contributed by atoms with Gasteiger partial charge in [0, 0.05) is 17.0 Å². The predicted octanol–water partition coefficient (Wildman–Crippen LogP) is 2.82. The van der Waals surface area contributed by atoms with E-state index in [1.807, 2.05) is 49.6 Å². The molecule has 0 aliphatic carbocycles. The van der Waals surface area contributed by atoms with Crippen LogP contribution < -0.4 is 11.3 Å². The van der Waals surface area contributed by atoms with Gasteiger partial charge in [0.25, 0.3) is 5.56 Å². The molecule has 0 atom stereocenters. The second kappa shape index (κ2) is 4.45. The highest BCUT2D eigenvalue weighted by Crippen LogP contribution is 2.29. The Balaban J connectivity index is 2.35. The molecule has 0 aliphatic rings. The zero-order chi connectivity index (χ0) is 14.3. The van der Waals surface area contributed by atoms with Crippen LogP contribution in [-0.2, 0) is 5.54 Å². The molecule has 2 aromatic heterocycles. The number of rotatable bonds is 2.